The molecule has 6 nitrogen and oxygen atoms in total. The van der Waals surface area contributed by atoms with Crippen LogP contribution >= 0.6 is 0 Å². The van der Waals surface area contributed by atoms with E-state index >= 15 is 0 Å². The van der Waals surface area contributed by atoms with Crippen LogP contribution in [0.25, 0.3) is 22.1 Å². The number of sulfonamides is 1. The Balaban J connectivity index is 1.77. The zero-order chi connectivity index (χ0) is 19.7. The molecule has 7 heteroatoms. The van der Waals surface area contributed by atoms with E-state index in [-0.39, 0.29) is 27.3 Å². The van der Waals surface area contributed by atoms with E-state index in [1.165, 1.54) is 24.3 Å². The molecule has 1 heterocycles. The van der Waals surface area contributed by atoms with E-state index in [4.69, 9.17) is 4.42 Å². The van der Waals surface area contributed by atoms with Gasteiger partial charge < -0.3 is 9.52 Å². The summed E-state index contributed by atoms with van der Waals surface area (Å²) in [6, 6.07) is 21.2. The molecule has 0 radical (unpaired) electrons. The highest BCUT2D eigenvalue weighted by molar-refractivity contribution is 7.92. The van der Waals surface area contributed by atoms with Gasteiger partial charge in [-0.3, -0.25) is 4.72 Å². The summed E-state index contributed by atoms with van der Waals surface area (Å²) in [6.45, 7) is 0. The summed E-state index contributed by atoms with van der Waals surface area (Å²) in [4.78, 5) is 11.5. The van der Waals surface area contributed by atoms with Gasteiger partial charge in [0.1, 0.15) is 11.3 Å². The Morgan fingerprint density at radius 3 is 2.36 bits per heavy atom. The number of fused-ring (bicyclic) bond motifs is 1. The monoisotopic (exact) mass is 393 g/mol. The normalized spacial score (nSPS) is 11.4. The van der Waals surface area contributed by atoms with Crippen LogP contribution in [-0.4, -0.2) is 13.5 Å². The minimum absolute atomic E-state index is 0.130. The van der Waals surface area contributed by atoms with Gasteiger partial charge in [0.15, 0.2) is 0 Å². The van der Waals surface area contributed by atoms with Crippen molar-refractivity contribution in [2.75, 3.05) is 4.72 Å². The smallest absolute Gasteiger partial charge is 0.339 e. The lowest BCUT2D eigenvalue weighted by Crippen LogP contribution is -2.14. The maximum atomic E-state index is 13.0. The fourth-order valence-electron chi connectivity index (χ4n) is 2.98. The van der Waals surface area contributed by atoms with Gasteiger partial charge in [0.05, 0.1) is 16.3 Å². The molecule has 0 aliphatic heterocycles. The van der Waals surface area contributed by atoms with Crippen molar-refractivity contribution in [1.29, 1.82) is 0 Å². The molecule has 0 aliphatic rings. The van der Waals surface area contributed by atoms with Gasteiger partial charge in [0.2, 0.25) is 0 Å². The molecular weight excluding hydrogens is 378 g/mol. The van der Waals surface area contributed by atoms with Gasteiger partial charge in [-0.25, -0.2) is 13.2 Å². The number of hydrogen-bond acceptors (Lipinski definition) is 5. The molecule has 0 amide bonds. The second-order valence-electron chi connectivity index (χ2n) is 6.13. The van der Waals surface area contributed by atoms with Crippen molar-refractivity contribution in [3.8, 4) is 16.9 Å². The largest absolute Gasteiger partial charge is 0.507 e. The predicted octanol–water partition coefficient (Wildman–Crippen LogP) is 3.97. The van der Waals surface area contributed by atoms with Gasteiger partial charge >= 0.3 is 5.63 Å². The van der Waals surface area contributed by atoms with Crippen LogP contribution in [0.5, 0.6) is 5.75 Å². The molecule has 0 aliphatic carbocycles. The van der Waals surface area contributed by atoms with E-state index in [0.29, 0.717) is 5.56 Å². The summed E-state index contributed by atoms with van der Waals surface area (Å²) in [5, 5.41) is 10.2. The zero-order valence-electron chi connectivity index (χ0n) is 14.5. The van der Waals surface area contributed by atoms with Crippen LogP contribution in [0.1, 0.15) is 0 Å². The van der Waals surface area contributed by atoms with E-state index in [1.807, 2.05) is 30.3 Å². The fraction of sp³-hybridized carbons (Fsp3) is 0. The molecule has 4 rings (SSSR count). The van der Waals surface area contributed by atoms with Crippen LogP contribution in [0.2, 0.25) is 0 Å². The average Bonchev–Trinajstić information content (AvgIpc) is 2.69. The summed E-state index contributed by atoms with van der Waals surface area (Å²) in [5.74, 6) is -0.281. The molecule has 4 aromatic rings. The Morgan fingerprint density at radius 2 is 1.57 bits per heavy atom. The molecule has 0 bridgehead atoms. The zero-order valence-corrected chi connectivity index (χ0v) is 15.3. The van der Waals surface area contributed by atoms with Crippen molar-refractivity contribution in [1.82, 2.24) is 0 Å². The van der Waals surface area contributed by atoms with Gasteiger partial charge in [-0.05, 0) is 29.8 Å². The highest BCUT2D eigenvalue weighted by atomic mass is 32.2. The highest BCUT2D eigenvalue weighted by Crippen LogP contribution is 2.30. The number of benzene rings is 3. The van der Waals surface area contributed by atoms with E-state index in [1.54, 1.807) is 18.2 Å². The summed E-state index contributed by atoms with van der Waals surface area (Å²) in [5.41, 5.74) is 1.07. The van der Waals surface area contributed by atoms with Crippen molar-refractivity contribution in [2.24, 2.45) is 0 Å². The van der Waals surface area contributed by atoms with Crippen LogP contribution in [0.15, 0.2) is 93.0 Å². The van der Waals surface area contributed by atoms with Crippen LogP contribution < -0.4 is 10.3 Å². The third-order valence-corrected chi connectivity index (χ3v) is 5.67. The van der Waals surface area contributed by atoms with Crippen molar-refractivity contribution < 1.29 is 17.9 Å². The summed E-state index contributed by atoms with van der Waals surface area (Å²) < 4.78 is 33.6. The second-order valence-corrected chi connectivity index (χ2v) is 7.78. The van der Waals surface area contributed by atoms with Gasteiger partial charge in [-0.15, -0.1) is 0 Å². The molecule has 0 saturated heterocycles. The maximum absolute atomic E-state index is 13.0. The Bertz CT molecular complexity index is 1330. The van der Waals surface area contributed by atoms with Crippen LogP contribution in [0, 0.1) is 0 Å². The fourth-order valence-corrected chi connectivity index (χ4v) is 4.26. The van der Waals surface area contributed by atoms with Crippen molar-refractivity contribution >= 4 is 26.7 Å². The maximum Gasteiger partial charge on any atom is 0.339 e. The summed E-state index contributed by atoms with van der Waals surface area (Å²) >= 11 is 0. The Morgan fingerprint density at radius 1 is 0.857 bits per heavy atom. The third kappa shape index (κ3) is 3.35. The summed E-state index contributed by atoms with van der Waals surface area (Å²) in [6.07, 6.45) is 0. The lowest BCUT2D eigenvalue weighted by molar-refractivity contribution is 0.468. The molecule has 0 unspecified atom stereocenters. The lowest BCUT2D eigenvalue weighted by Gasteiger charge is -2.13. The Kier molecular flexibility index (Phi) is 4.37. The molecule has 3 aromatic carbocycles. The number of anilines is 1. The quantitative estimate of drug-likeness (QED) is 0.512. The molecule has 140 valence electrons. The molecule has 2 N–H and O–H groups in total. The number of rotatable bonds is 4. The SMILES string of the molecule is O=c1cc(O)c2cc(NS(=O)(=O)c3ccccc3-c3ccccc3)ccc2o1. The van der Waals surface area contributed by atoms with Gasteiger partial charge in [-0.2, -0.15) is 0 Å². The first kappa shape index (κ1) is 17.8. The Hall–Kier alpha value is -3.58. The minimum Gasteiger partial charge on any atom is -0.507 e. The van der Waals surface area contributed by atoms with E-state index in [9.17, 15) is 18.3 Å². The first-order valence-corrected chi connectivity index (χ1v) is 9.86. The average molecular weight is 393 g/mol. The minimum atomic E-state index is -3.91. The molecular formula is C21H15NO5S. The van der Waals surface area contributed by atoms with E-state index < -0.39 is 15.6 Å². The number of aromatic hydroxyl groups is 1. The van der Waals surface area contributed by atoms with Crippen LogP contribution in [0.4, 0.5) is 5.69 Å². The topological polar surface area (TPSA) is 96.6 Å². The van der Waals surface area contributed by atoms with Crippen LogP contribution in [0.3, 0.4) is 0 Å². The molecule has 0 saturated carbocycles. The molecule has 0 fully saturated rings. The molecule has 1 aromatic heterocycles. The van der Waals surface area contributed by atoms with Crippen LogP contribution in [-0.2, 0) is 10.0 Å². The van der Waals surface area contributed by atoms with Gasteiger partial charge in [-0.1, -0.05) is 48.5 Å². The standard InChI is InChI=1S/C21H15NO5S/c23-18-13-21(24)27-19-11-10-15(12-17(18)19)22-28(25,26)20-9-5-4-8-16(20)14-6-2-1-3-7-14/h1-13,22-23H. The van der Waals surface area contributed by atoms with Crippen molar-refractivity contribution in [2.45, 2.75) is 4.90 Å². The second kappa shape index (κ2) is 6.86. The van der Waals surface area contributed by atoms with E-state index in [0.717, 1.165) is 11.6 Å². The first-order chi connectivity index (χ1) is 13.4. The lowest BCUT2D eigenvalue weighted by atomic mass is 10.1. The van der Waals surface area contributed by atoms with Crippen molar-refractivity contribution in [3.63, 3.8) is 0 Å². The van der Waals surface area contributed by atoms with Gasteiger partial charge in [0, 0.05) is 11.3 Å². The highest BCUT2D eigenvalue weighted by Gasteiger charge is 2.19. The summed E-state index contributed by atoms with van der Waals surface area (Å²) in [7, 11) is -3.91. The molecule has 28 heavy (non-hydrogen) atoms. The van der Waals surface area contributed by atoms with Crippen molar-refractivity contribution in [3.05, 3.63) is 89.3 Å². The van der Waals surface area contributed by atoms with Gasteiger partial charge in [0.25, 0.3) is 10.0 Å². The molecule has 0 spiro atoms. The van der Waals surface area contributed by atoms with E-state index in [2.05, 4.69) is 4.72 Å². The molecule has 0 atom stereocenters. The Labute approximate surface area is 160 Å². The first-order valence-electron chi connectivity index (χ1n) is 8.38. The number of nitrogens with one attached hydrogen (secondary N) is 1. The third-order valence-electron chi connectivity index (χ3n) is 4.23. The predicted molar refractivity (Wildman–Crippen MR) is 107 cm³/mol. The number of hydrogen-bond donors (Lipinski definition) is 2.